The molecular weight excluding hydrogens is 314 g/mol. The van der Waals surface area contributed by atoms with E-state index in [4.69, 9.17) is 4.74 Å². The Labute approximate surface area is 148 Å². The minimum Gasteiger partial charge on any atom is -0.381 e. The van der Waals surface area contributed by atoms with Gasteiger partial charge in [0.05, 0.1) is 17.3 Å². The van der Waals surface area contributed by atoms with E-state index in [1.807, 2.05) is 36.9 Å². The van der Waals surface area contributed by atoms with Crippen molar-refractivity contribution in [1.29, 1.82) is 0 Å². The maximum atomic E-state index is 13.2. The molecule has 25 heavy (non-hydrogen) atoms. The summed E-state index contributed by atoms with van der Waals surface area (Å²) in [5.74, 6) is 0.724. The molecule has 0 bridgehead atoms. The highest BCUT2D eigenvalue weighted by molar-refractivity contribution is 5.96. The molecule has 2 aromatic rings. The normalized spacial score (nSPS) is 21.8. The van der Waals surface area contributed by atoms with E-state index in [0.717, 1.165) is 38.3 Å². The number of nitrogens with zero attached hydrogens (tertiary/aromatic N) is 3. The van der Waals surface area contributed by atoms with Crippen LogP contribution in [0.5, 0.6) is 0 Å². The van der Waals surface area contributed by atoms with E-state index in [9.17, 15) is 4.79 Å². The second-order valence-electron chi connectivity index (χ2n) is 7.14. The van der Waals surface area contributed by atoms with Crippen LogP contribution in [0.3, 0.4) is 0 Å². The molecule has 0 aliphatic carbocycles. The first-order chi connectivity index (χ1) is 12.1. The molecule has 1 spiro atoms. The Morgan fingerprint density at radius 2 is 1.92 bits per heavy atom. The molecule has 2 aliphatic rings. The van der Waals surface area contributed by atoms with Crippen molar-refractivity contribution in [2.45, 2.75) is 32.7 Å². The third kappa shape index (κ3) is 2.72. The van der Waals surface area contributed by atoms with Crippen LogP contribution in [-0.4, -0.2) is 40.5 Å². The number of carbonyl (C=O) groups is 1. The molecular formula is C20H23N3O2. The van der Waals surface area contributed by atoms with Crippen LogP contribution >= 0.6 is 0 Å². The van der Waals surface area contributed by atoms with Gasteiger partial charge in [0.15, 0.2) is 0 Å². The quantitative estimate of drug-likeness (QED) is 0.845. The Morgan fingerprint density at radius 1 is 1.20 bits per heavy atom. The van der Waals surface area contributed by atoms with Crippen molar-refractivity contribution in [3.63, 3.8) is 0 Å². The molecule has 1 atom stereocenters. The molecule has 2 saturated heterocycles. The number of likely N-dealkylation sites (tertiary alicyclic amines) is 1. The van der Waals surface area contributed by atoms with E-state index in [1.165, 1.54) is 5.56 Å². The number of rotatable bonds is 2. The molecule has 0 saturated carbocycles. The van der Waals surface area contributed by atoms with Crippen molar-refractivity contribution in [1.82, 2.24) is 14.9 Å². The van der Waals surface area contributed by atoms with Gasteiger partial charge in [-0.05, 0) is 32.3 Å². The zero-order valence-corrected chi connectivity index (χ0v) is 14.7. The van der Waals surface area contributed by atoms with E-state index in [0.29, 0.717) is 11.4 Å². The highest BCUT2D eigenvalue weighted by Crippen LogP contribution is 2.55. The van der Waals surface area contributed by atoms with Gasteiger partial charge >= 0.3 is 0 Å². The number of hydrogen-bond acceptors (Lipinski definition) is 4. The molecule has 0 radical (unpaired) electrons. The molecule has 130 valence electrons. The molecule has 0 unspecified atom stereocenters. The Hall–Kier alpha value is -2.27. The summed E-state index contributed by atoms with van der Waals surface area (Å²) in [6.07, 6.45) is 3.66. The van der Waals surface area contributed by atoms with E-state index < -0.39 is 0 Å². The van der Waals surface area contributed by atoms with Crippen LogP contribution in [0.1, 0.15) is 46.3 Å². The zero-order chi connectivity index (χ0) is 17.4. The van der Waals surface area contributed by atoms with Crippen LogP contribution in [0.2, 0.25) is 0 Å². The fourth-order valence-electron chi connectivity index (χ4n) is 4.25. The number of carbonyl (C=O) groups excluding carboxylic acids is 1. The number of aryl methyl sites for hydroxylation is 2. The Kier molecular flexibility index (Phi) is 4.04. The Bertz CT molecular complexity index is 785. The number of hydrogen-bond donors (Lipinski definition) is 0. The molecule has 1 aromatic carbocycles. The number of aromatic nitrogens is 2. The molecule has 2 aliphatic heterocycles. The van der Waals surface area contributed by atoms with E-state index in [2.05, 4.69) is 22.1 Å². The van der Waals surface area contributed by atoms with Crippen molar-refractivity contribution in [2.75, 3.05) is 19.8 Å². The maximum Gasteiger partial charge on any atom is 0.257 e. The molecule has 1 aromatic heterocycles. The van der Waals surface area contributed by atoms with Crippen molar-refractivity contribution in [2.24, 2.45) is 5.41 Å². The highest BCUT2D eigenvalue weighted by Gasteiger charge is 2.55. The van der Waals surface area contributed by atoms with Crippen molar-refractivity contribution < 1.29 is 9.53 Å². The summed E-state index contributed by atoms with van der Waals surface area (Å²) in [6, 6.07) is 10.5. The summed E-state index contributed by atoms with van der Waals surface area (Å²) >= 11 is 0. The Morgan fingerprint density at radius 3 is 2.60 bits per heavy atom. The molecule has 3 heterocycles. The van der Waals surface area contributed by atoms with Gasteiger partial charge in [-0.2, -0.15) is 0 Å². The summed E-state index contributed by atoms with van der Waals surface area (Å²) in [7, 11) is 0. The largest absolute Gasteiger partial charge is 0.381 e. The topological polar surface area (TPSA) is 55.3 Å². The van der Waals surface area contributed by atoms with Crippen LogP contribution in [0.25, 0.3) is 0 Å². The number of amides is 1. The average molecular weight is 337 g/mol. The standard InChI is InChI=1S/C20H23N3O2/c1-14-17(12-21-15(2)22-14)19(24)23-13-20(8-10-25-11-9-20)18(23)16-6-4-3-5-7-16/h3-7,12,18H,8-11,13H2,1-2H3/t18-/m0/s1. The van der Waals surface area contributed by atoms with Crippen molar-refractivity contribution in [3.05, 3.63) is 59.2 Å². The Balaban J connectivity index is 1.68. The summed E-state index contributed by atoms with van der Waals surface area (Å²) in [5.41, 5.74) is 2.69. The van der Waals surface area contributed by atoms with Gasteiger partial charge in [-0.15, -0.1) is 0 Å². The van der Waals surface area contributed by atoms with Gasteiger partial charge in [-0.3, -0.25) is 4.79 Å². The van der Waals surface area contributed by atoms with Crippen LogP contribution in [0, 0.1) is 19.3 Å². The van der Waals surface area contributed by atoms with Crippen molar-refractivity contribution in [3.8, 4) is 0 Å². The van der Waals surface area contributed by atoms with E-state index in [-0.39, 0.29) is 17.4 Å². The first kappa shape index (κ1) is 16.2. The third-order valence-corrected chi connectivity index (χ3v) is 5.57. The lowest BCUT2D eigenvalue weighted by atomic mass is 9.64. The van der Waals surface area contributed by atoms with Gasteiger partial charge in [0.25, 0.3) is 5.91 Å². The fourth-order valence-corrected chi connectivity index (χ4v) is 4.25. The van der Waals surface area contributed by atoms with Gasteiger partial charge in [0.1, 0.15) is 5.82 Å². The van der Waals surface area contributed by atoms with Crippen LogP contribution < -0.4 is 0 Å². The SMILES string of the molecule is Cc1ncc(C(=O)N2CC3(CCOCC3)[C@@H]2c2ccccc2)c(C)n1. The number of ether oxygens (including phenoxy) is 1. The van der Waals surface area contributed by atoms with E-state index >= 15 is 0 Å². The van der Waals surface area contributed by atoms with Crippen LogP contribution in [0.4, 0.5) is 0 Å². The molecule has 1 amide bonds. The molecule has 5 nitrogen and oxygen atoms in total. The lowest BCUT2D eigenvalue weighted by Crippen LogP contribution is -2.62. The minimum atomic E-state index is 0.0310. The van der Waals surface area contributed by atoms with Crippen LogP contribution in [-0.2, 0) is 4.74 Å². The molecule has 0 N–H and O–H groups in total. The minimum absolute atomic E-state index is 0.0310. The first-order valence-corrected chi connectivity index (χ1v) is 8.85. The molecule has 4 rings (SSSR count). The van der Waals surface area contributed by atoms with Crippen LogP contribution in [0.15, 0.2) is 36.5 Å². The lowest BCUT2D eigenvalue weighted by molar-refractivity contribution is -0.115. The first-order valence-electron chi connectivity index (χ1n) is 8.85. The van der Waals surface area contributed by atoms with Crippen molar-refractivity contribution >= 4 is 5.91 Å². The van der Waals surface area contributed by atoms with E-state index in [1.54, 1.807) is 6.20 Å². The average Bonchev–Trinajstić information content (AvgIpc) is 2.61. The summed E-state index contributed by atoms with van der Waals surface area (Å²) < 4.78 is 5.57. The lowest BCUT2D eigenvalue weighted by Gasteiger charge is -2.59. The molecule has 5 heteroatoms. The maximum absolute atomic E-state index is 13.2. The predicted molar refractivity (Wildman–Crippen MR) is 94.2 cm³/mol. The third-order valence-electron chi connectivity index (χ3n) is 5.57. The van der Waals surface area contributed by atoms with Gasteiger partial charge in [0.2, 0.25) is 0 Å². The second-order valence-corrected chi connectivity index (χ2v) is 7.14. The fraction of sp³-hybridized carbons (Fsp3) is 0.450. The van der Waals surface area contributed by atoms with Gasteiger partial charge < -0.3 is 9.64 Å². The monoisotopic (exact) mass is 337 g/mol. The van der Waals surface area contributed by atoms with Gasteiger partial charge in [-0.25, -0.2) is 9.97 Å². The molecule has 2 fully saturated rings. The summed E-state index contributed by atoms with van der Waals surface area (Å²) in [6.45, 7) is 6.05. The highest BCUT2D eigenvalue weighted by atomic mass is 16.5. The van der Waals surface area contributed by atoms with Gasteiger partial charge in [0, 0.05) is 31.4 Å². The smallest absolute Gasteiger partial charge is 0.257 e. The second kappa shape index (κ2) is 6.23. The van der Waals surface area contributed by atoms with Gasteiger partial charge in [-0.1, -0.05) is 30.3 Å². The summed E-state index contributed by atoms with van der Waals surface area (Å²) in [5, 5.41) is 0. The summed E-state index contributed by atoms with van der Waals surface area (Å²) in [4.78, 5) is 23.8. The zero-order valence-electron chi connectivity index (χ0n) is 14.7. The predicted octanol–water partition coefficient (Wildman–Crippen LogP) is 3.09. The number of benzene rings is 1.